The molecule has 20 heavy (non-hydrogen) atoms. The molecule has 0 saturated heterocycles. The van der Waals surface area contributed by atoms with E-state index in [2.05, 4.69) is 10.3 Å². The molecular weight excluding hydrogens is 321 g/mol. The number of carbonyl (C=O) groups excluding carboxylic acids is 2. The van der Waals surface area contributed by atoms with Crippen LogP contribution in [0.2, 0.25) is 10.0 Å². The molecule has 5 nitrogen and oxygen atoms in total. The van der Waals surface area contributed by atoms with Gasteiger partial charge in [0, 0.05) is 21.0 Å². The van der Waals surface area contributed by atoms with Gasteiger partial charge in [0.05, 0.1) is 12.1 Å². The Morgan fingerprint density at radius 1 is 1.25 bits per heavy atom. The third kappa shape index (κ3) is 3.93. The van der Waals surface area contributed by atoms with E-state index in [1.165, 1.54) is 29.5 Å². The maximum Gasteiger partial charge on any atom is 0.257 e. The fourth-order valence-corrected chi connectivity index (χ4v) is 2.71. The summed E-state index contributed by atoms with van der Waals surface area (Å²) in [6.45, 7) is 0. The van der Waals surface area contributed by atoms with Gasteiger partial charge in [0.1, 0.15) is 0 Å². The molecule has 0 unspecified atom stereocenters. The van der Waals surface area contributed by atoms with Gasteiger partial charge in [0.2, 0.25) is 5.91 Å². The van der Waals surface area contributed by atoms with Gasteiger partial charge in [-0.2, -0.15) is 0 Å². The normalized spacial score (nSPS) is 10.3. The fraction of sp³-hybridized carbons (Fsp3) is 0.0833. The number of primary amides is 1. The van der Waals surface area contributed by atoms with Crippen molar-refractivity contribution < 1.29 is 9.59 Å². The standard InChI is InChI=1S/C12H9Cl2N3O2S/c13-7-1-6(2-8(14)3-7)11(19)17-12-16-9(5-20-12)4-10(15)18/h1-3,5H,4H2,(H2,15,18)(H,16,17,19). The van der Waals surface area contributed by atoms with Crippen LogP contribution in [0.5, 0.6) is 0 Å². The molecular formula is C12H9Cl2N3O2S. The molecule has 2 aromatic rings. The minimum Gasteiger partial charge on any atom is -0.369 e. The second kappa shape index (κ2) is 6.21. The van der Waals surface area contributed by atoms with E-state index in [1.807, 2.05) is 0 Å². The third-order valence-electron chi connectivity index (χ3n) is 2.25. The van der Waals surface area contributed by atoms with Crippen LogP contribution in [0.25, 0.3) is 0 Å². The van der Waals surface area contributed by atoms with Crippen molar-refractivity contribution in [3.63, 3.8) is 0 Å². The first-order valence-corrected chi connectivity index (χ1v) is 7.08. The largest absolute Gasteiger partial charge is 0.369 e. The summed E-state index contributed by atoms with van der Waals surface area (Å²) < 4.78 is 0. The number of nitrogens with zero attached hydrogens (tertiary/aromatic N) is 1. The molecule has 3 N–H and O–H groups in total. The summed E-state index contributed by atoms with van der Waals surface area (Å²) in [5.74, 6) is -0.857. The van der Waals surface area contributed by atoms with Crippen LogP contribution < -0.4 is 11.1 Å². The lowest BCUT2D eigenvalue weighted by molar-refractivity contribution is -0.117. The highest BCUT2D eigenvalue weighted by Crippen LogP contribution is 2.21. The molecule has 0 atom stereocenters. The minimum absolute atomic E-state index is 0.0371. The first-order valence-electron chi connectivity index (χ1n) is 5.44. The van der Waals surface area contributed by atoms with Crippen molar-refractivity contribution in [2.45, 2.75) is 6.42 Å². The average molecular weight is 330 g/mol. The van der Waals surface area contributed by atoms with Gasteiger partial charge >= 0.3 is 0 Å². The molecule has 8 heteroatoms. The molecule has 0 fully saturated rings. The predicted molar refractivity (Wildman–Crippen MR) is 79.4 cm³/mol. The van der Waals surface area contributed by atoms with E-state index in [9.17, 15) is 9.59 Å². The summed E-state index contributed by atoms with van der Waals surface area (Å²) in [4.78, 5) is 26.8. The van der Waals surface area contributed by atoms with Crippen LogP contribution in [-0.4, -0.2) is 16.8 Å². The topological polar surface area (TPSA) is 85.1 Å². The molecule has 104 valence electrons. The van der Waals surface area contributed by atoms with E-state index < -0.39 is 5.91 Å². The Hall–Kier alpha value is -1.63. The van der Waals surface area contributed by atoms with Gasteiger partial charge in [-0.15, -0.1) is 11.3 Å². The number of nitrogens with two attached hydrogens (primary N) is 1. The van der Waals surface area contributed by atoms with Crippen molar-refractivity contribution in [2.75, 3.05) is 5.32 Å². The number of rotatable bonds is 4. The zero-order valence-corrected chi connectivity index (χ0v) is 12.4. The number of hydrogen-bond acceptors (Lipinski definition) is 4. The Bertz CT molecular complexity index is 652. The Labute approximate surface area is 128 Å². The number of benzene rings is 1. The zero-order chi connectivity index (χ0) is 14.7. The SMILES string of the molecule is NC(=O)Cc1csc(NC(=O)c2cc(Cl)cc(Cl)c2)n1. The molecule has 0 aliphatic rings. The molecule has 2 rings (SSSR count). The lowest BCUT2D eigenvalue weighted by Gasteiger charge is -2.03. The molecule has 1 heterocycles. The Morgan fingerprint density at radius 2 is 1.90 bits per heavy atom. The number of nitrogens with one attached hydrogen (secondary N) is 1. The molecule has 0 spiro atoms. The van der Waals surface area contributed by atoms with Crippen molar-refractivity contribution in [1.29, 1.82) is 0 Å². The quantitative estimate of drug-likeness (QED) is 0.904. The number of halogens is 2. The fourth-order valence-electron chi connectivity index (χ4n) is 1.48. The molecule has 2 amide bonds. The van der Waals surface area contributed by atoms with E-state index >= 15 is 0 Å². The Morgan fingerprint density at radius 3 is 2.50 bits per heavy atom. The first-order chi connectivity index (χ1) is 9.44. The summed E-state index contributed by atoms with van der Waals surface area (Å²) in [7, 11) is 0. The van der Waals surface area contributed by atoms with E-state index in [4.69, 9.17) is 28.9 Å². The number of thiazole rings is 1. The maximum atomic E-state index is 12.0. The number of carbonyl (C=O) groups is 2. The van der Waals surface area contributed by atoms with E-state index in [1.54, 1.807) is 5.38 Å². The van der Waals surface area contributed by atoms with Crippen LogP contribution in [0.1, 0.15) is 16.1 Å². The summed E-state index contributed by atoms with van der Waals surface area (Å²) in [6, 6.07) is 4.54. The lowest BCUT2D eigenvalue weighted by atomic mass is 10.2. The van der Waals surface area contributed by atoms with Crippen LogP contribution >= 0.6 is 34.5 Å². The predicted octanol–water partition coefficient (Wildman–Crippen LogP) is 2.73. The molecule has 1 aromatic heterocycles. The first kappa shape index (κ1) is 14.8. The van der Waals surface area contributed by atoms with Gasteiger partial charge in [0.15, 0.2) is 5.13 Å². The molecule has 0 bridgehead atoms. The minimum atomic E-state index is -0.477. The van der Waals surface area contributed by atoms with Crippen molar-refractivity contribution in [1.82, 2.24) is 4.98 Å². The lowest BCUT2D eigenvalue weighted by Crippen LogP contribution is -2.14. The van der Waals surface area contributed by atoms with Gasteiger partial charge in [-0.1, -0.05) is 23.2 Å². The summed E-state index contributed by atoms with van der Waals surface area (Å²) in [6.07, 6.45) is 0.0371. The number of anilines is 1. The molecule has 1 aromatic carbocycles. The summed E-state index contributed by atoms with van der Waals surface area (Å²) in [5.41, 5.74) is 5.91. The number of aromatic nitrogens is 1. The van der Waals surface area contributed by atoms with Crippen LogP contribution in [-0.2, 0) is 11.2 Å². The summed E-state index contributed by atoms with van der Waals surface area (Å²) >= 11 is 12.9. The second-order valence-electron chi connectivity index (χ2n) is 3.90. The maximum absolute atomic E-state index is 12.0. The molecule has 0 saturated carbocycles. The third-order valence-corrected chi connectivity index (χ3v) is 3.50. The van der Waals surface area contributed by atoms with Crippen LogP contribution in [0, 0.1) is 0 Å². The highest BCUT2D eigenvalue weighted by molar-refractivity contribution is 7.14. The number of hydrogen-bond donors (Lipinski definition) is 2. The smallest absolute Gasteiger partial charge is 0.257 e. The van der Waals surface area contributed by atoms with Gasteiger partial charge in [-0.05, 0) is 18.2 Å². The van der Waals surface area contributed by atoms with Crippen molar-refractivity contribution in [3.05, 3.63) is 44.9 Å². The monoisotopic (exact) mass is 329 g/mol. The van der Waals surface area contributed by atoms with Crippen LogP contribution in [0.4, 0.5) is 5.13 Å². The Balaban J connectivity index is 2.11. The van der Waals surface area contributed by atoms with Crippen molar-refractivity contribution >= 4 is 51.5 Å². The molecule has 0 radical (unpaired) electrons. The molecule has 0 aliphatic heterocycles. The van der Waals surface area contributed by atoms with E-state index in [-0.39, 0.29) is 12.3 Å². The van der Waals surface area contributed by atoms with Gasteiger partial charge in [-0.3, -0.25) is 14.9 Å². The zero-order valence-electron chi connectivity index (χ0n) is 10.0. The molecule has 0 aliphatic carbocycles. The highest BCUT2D eigenvalue weighted by atomic mass is 35.5. The number of amides is 2. The second-order valence-corrected chi connectivity index (χ2v) is 5.63. The van der Waals surface area contributed by atoms with Gasteiger partial charge in [-0.25, -0.2) is 4.98 Å². The Kier molecular flexibility index (Phi) is 4.59. The van der Waals surface area contributed by atoms with Crippen molar-refractivity contribution in [3.8, 4) is 0 Å². The van der Waals surface area contributed by atoms with E-state index in [0.717, 1.165) is 0 Å². The van der Waals surface area contributed by atoms with Crippen LogP contribution in [0.3, 0.4) is 0 Å². The van der Waals surface area contributed by atoms with Crippen molar-refractivity contribution in [2.24, 2.45) is 5.73 Å². The van der Waals surface area contributed by atoms with Crippen LogP contribution in [0.15, 0.2) is 23.6 Å². The van der Waals surface area contributed by atoms with Gasteiger partial charge in [0.25, 0.3) is 5.91 Å². The van der Waals surface area contributed by atoms with E-state index in [0.29, 0.717) is 26.4 Å². The average Bonchev–Trinajstić information content (AvgIpc) is 2.74. The van der Waals surface area contributed by atoms with Gasteiger partial charge < -0.3 is 5.73 Å². The summed E-state index contributed by atoms with van der Waals surface area (Å²) in [5, 5.41) is 5.38. The highest BCUT2D eigenvalue weighted by Gasteiger charge is 2.11.